The highest BCUT2D eigenvalue weighted by molar-refractivity contribution is 5.67. The maximum Gasteiger partial charge on any atom is 0.408 e. The summed E-state index contributed by atoms with van der Waals surface area (Å²) in [6.45, 7) is 2.05. The van der Waals surface area contributed by atoms with Gasteiger partial charge in [0.05, 0.1) is 0 Å². The minimum absolute atomic E-state index is 0.0831. The third kappa shape index (κ3) is 3.54. The van der Waals surface area contributed by atoms with Crippen molar-refractivity contribution in [3.63, 3.8) is 0 Å². The summed E-state index contributed by atoms with van der Waals surface area (Å²) in [6, 6.07) is 3.85. The first-order valence-electron chi connectivity index (χ1n) is 9.34. The molecule has 0 unspecified atom stereocenters. The number of carbonyl (C=O) groups is 1. The van der Waals surface area contributed by atoms with E-state index in [-0.39, 0.29) is 11.6 Å². The number of aromatic nitrogens is 4. The molecule has 27 heavy (non-hydrogen) atoms. The van der Waals surface area contributed by atoms with Gasteiger partial charge in [-0.1, -0.05) is 0 Å². The van der Waals surface area contributed by atoms with Crippen LogP contribution in [-0.4, -0.2) is 54.9 Å². The molecule has 4 rings (SSSR count). The number of anilines is 3. The zero-order chi connectivity index (χ0) is 19.0. The molecule has 2 saturated carbocycles. The first-order chi connectivity index (χ1) is 13.0. The SMILES string of the molecule is CNc1nccc(Nc2cc([C@H]3CC[C@@H](N(C(=O)O)C4(C)CC4)C3)[nH]n2)n1. The van der Waals surface area contributed by atoms with Gasteiger partial charge < -0.3 is 15.7 Å². The van der Waals surface area contributed by atoms with Crippen LogP contribution in [0.4, 0.5) is 22.4 Å². The normalized spacial score (nSPS) is 23.0. The smallest absolute Gasteiger partial charge is 0.408 e. The number of carboxylic acid groups (broad SMARTS) is 1. The van der Waals surface area contributed by atoms with E-state index in [1.54, 1.807) is 24.2 Å². The summed E-state index contributed by atoms with van der Waals surface area (Å²) in [5, 5.41) is 23.2. The van der Waals surface area contributed by atoms with Crippen LogP contribution in [0.5, 0.6) is 0 Å². The number of H-pyrrole nitrogens is 1. The molecule has 2 atom stereocenters. The third-order valence-corrected chi connectivity index (χ3v) is 5.70. The van der Waals surface area contributed by atoms with Crippen LogP contribution < -0.4 is 10.6 Å². The molecular formula is C18H25N7O2. The Kier molecular flexibility index (Phi) is 4.37. The fraction of sp³-hybridized carbons (Fsp3) is 0.556. The van der Waals surface area contributed by atoms with Gasteiger partial charge in [0.15, 0.2) is 5.82 Å². The molecule has 2 heterocycles. The Morgan fingerprint density at radius 3 is 2.89 bits per heavy atom. The van der Waals surface area contributed by atoms with Crippen LogP contribution >= 0.6 is 0 Å². The molecule has 0 bridgehead atoms. The topological polar surface area (TPSA) is 119 Å². The second-order valence-electron chi connectivity index (χ2n) is 7.66. The Bertz CT molecular complexity index is 833. The predicted octanol–water partition coefficient (Wildman–Crippen LogP) is 3.15. The van der Waals surface area contributed by atoms with Crippen LogP contribution in [-0.2, 0) is 0 Å². The van der Waals surface area contributed by atoms with Crippen LogP contribution in [0.2, 0.25) is 0 Å². The summed E-state index contributed by atoms with van der Waals surface area (Å²) >= 11 is 0. The van der Waals surface area contributed by atoms with E-state index in [4.69, 9.17) is 0 Å². The van der Waals surface area contributed by atoms with E-state index in [9.17, 15) is 9.90 Å². The van der Waals surface area contributed by atoms with Gasteiger partial charge in [0, 0.05) is 42.5 Å². The number of nitrogens with one attached hydrogen (secondary N) is 3. The van der Waals surface area contributed by atoms with Crippen LogP contribution in [0.1, 0.15) is 50.6 Å². The minimum atomic E-state index is -0.795. The lowest BCUT2D eigenvalue weighted by Gasteiger charge is -2.32. The van der Waals surface area contributed by atoms with Gasteiger partial charge in [0.1, 0.15) is 5.82 Å². The molecular weight excluding hydrogens is 346 g/mol. The summed E-state index contributed by atoms with van der Waals surface area (Å²) in [6.07, 6.45) is 5.50. The van der Waals surface area contributed by atoms with Crippen molar-refractivity contribution in [3.05, 3.63) is 24.0 Å². The van der Waals surface area contributed by atoms with E-state index in [0.29, 0.717) is 23.5 Å². The lowest BCUT2D eigenvalue weighted by Crippen LogP contribution is -2.45. The number of nitrogens with zero attached hydrogens (tertiary/aromatic N) is 4. The van der Waals surface area contributed by atoms with E-state index in [1.165, 1.54) is 0 Å². The molecule has 0 aliphatic heterocycles. The van der Waals surface area contributed by atoms with Crippen LogP contribution in [0.15, 0.2) is 18.3 Å². The van der Waals surface area contributed by atoms with Gasteiger partial charge in [-0.3, -0.25) is 10.00 Å². The van der Waals surface area contributed by atoms with Gasteiger partial charge in [0.25, 0.3) is 0 Å². The summed E-state index contributed by atoms with van der Waals surface area (Å²) < 4.78 is 0. The maximum absolute atomic E-state index is 11.8. The highest BCUT2D eigenvalue weighted by Gasteiger charge is 2.50. The number of rotatable bonds is 6. The molecule has 0 aromatic carbocycles. The molecule has 2 aromatic rings. The average Bonchev–Trinajstić information content (AvgIpc) is 3.03. The standard InChI is InChI=1S/C18H25N7O2/c1-18(6-7-18)25(17(26)27)12-4-3-11(9-12)13-10-15(24-23-13)21-14-5-8-20-16(19-2)22-14/h5,8,10-12H,3-4,6-7,9H2,1-2H3,(H,26,27)(H3,19,20,21,22,23,24)/t11-,12+/m0/s1. The quantitative estimate of drug-likeness (QED) is 0.616. The van der Waals surface area contributed by atoms with Gasteiger partial charge in [-0.2, -0.15) is 10.1 Å². The van der Waals surface area contributed by atoms with E-state index < -0.39 is 6.09 Å². The van der Waals surface area contributed by atoms with Crippen molar-refractivity contribution >= 4 is 23.7 Å². The molecule has 2 aliphatic carbocycles. The molecule has 1 amide bonds. The number of hydrogen-bond donors (Lipinski definition) is 4. The highest BCUT2D eigenvalue weighted by Crippen LogP contribution is 2.47. The molecule has 4 N–H and O–H groups in total. The summed E-state index contributed by atoms with van der Waals surface area (Å²) in [5.41, 5.74) is 0.874. The predicted molar refractivity (Wildman–Crippen MR) is 101 cm³/mol. The maximum atomic E-state index is 11.8. The van der Waals surface area contributed by atoms with Crippen molar-refractivity contribution in [1.82, 2.24) is 25.1 Å². The van der Waals surface area contributed by atoms with E-state index in [2.05, 4.69) is 30.8 Å². The fourth-order valence-electron chi connectivity index (χ4n) is 4.01. The van der Waals surface area contributed by atoms with E-state index in [0.717, 1.165) is 37.8 Å². The minimum Gasteiger partial charge on any atom is -0.465 e. The van der Waals surface area contributed by atoms with Gasteiger partial charge in [-0.15, -0.1) is 0 Å². The first kappa shape index (κ1) is 17.6. The van der Waals surface area contributed by atoms with Crippen molar-refractivity contribution in [2.75, 3.05) is 17.7 Å². The molecule has 144 valence electrons. The Morgan fingerprint density at radius 2 is 2.19 bits per heavy atom. The molecule has 2 fully saturated rings. The molecule has 0 saturated heterocycles. The highest BCUT2D eigenvalue weighted by atomic mass is 16.4. The molecule has 9 nitrogen and oxygen atoms in total. The second-order valence-corrected chi connectivity index (χ2v) is 7.66. The third-order valence-electron chi connectivity index (χ3n) is 5.70. The summed E-state index contributed by atoms with van der Waals surface area (Å²) in [7, 11) is 1.77. The Labute approximate surface area is 157 Å². The monoisotopic (exact) mass is 371 g/mol. The molecule has 2 aromatic heterocycles. The molecule has 0 radical (unpaired) electrons. The lowest BCUT2D eigenvalue weighted by molar-refractivity contribution is 0.0955. The van der Waals surface area contributed by atoms with Crippen LogP contribution in [0.3, 0.4) is 0 Å². The zero-order valence-electron chi connectivity index (χ0n) is 15.6. The van der Waals surface area contributed by atoms with Crippen molar-refractivity contribution in [3.8, 4) is 0 Å². The number of amides is 1. The van der Waals surface area contributed by atoms with E-state index in [1.807, 2.05) is 13.0 Å². The Morgan fingerprint density at radius 1 is 1.37 bits per heavy atom. The number of aromatic amines is 1. The Hall–Kier alpha value is -2.84. The van der Waals surface area contributed by atoms with Crippen molar-refractivity contribution in [1.29, 1.82) is 0 Å². The fourth-order valence-corrected chi connectivity index (χ4v) is 4.01. The van der Waals surface area contributed by atoms with Crippen LogP contribution in [0.25, 0.3) is 0 Å². The van der Waals surface area contributed by atoms with Crippen molar-refractivity contribution in [2.45, 2.75) is 56.5 Å². The van der Waals surface area contributed by atoms with Crippen molar-refractivity contribution in [2.24, 2.45) is 0 Å². The lowest BCUT2D eigenvalue weighted by atomic mass is 10.0. The summed E-state index contributed by atoms with van der Waals surface area (Å²) in [4.78, 5) is 21.9. The van der Waals surface area contributed by atoms with Crippen LogP contribution in [0, 0.1) is 0 Å². The van der Waals surface area contributed by atoms with Gasteiger partial charge >= 0.3 is 6.09 Å². The second kappa shape index (κ2) is 6.71. The average molecular weight is 371 g/mol. The van der Waals surface area contributed by atoms with Gasteiger partial charge in [-0.05, 0) is 45.1 Å². The van der Waals surface area contributed by atoms with Crippen molar-refractivity contribution < 1.29 is 9.90 Å². The Balaban J connectivity index is 1.42. The largest absolute Gasteiger partial charge is 0.465 e. The first-order valence-corrected chi connectivity index (χ1v) is 9.34. The summed E-state index contributed by atoms with van der Waals surface area (Å²) in [5.74, 6) is 2.19. The number of hydrogen-bond acceptors (Lipinski definition) is 6. The molecule has 9 heteroatoms. The van der Waals surface area contributed by atoms with Gasteiger partial charge in [0.2, 0.25) is 5.95 Å². The van der Waals surface area contributed by atoms with E-state index >= 15 is 0 Å². The molecule has 2 aliphatic rings. The van der Waals surface area contributed by atoms with Gasteiger partial charge in [-0.25, -0.2) is 9.78 Å². The zero-order valence-corrected chi connectivity index (χ0v) is 15.6. The molecule has 0 spiro atoms.